The summed E-state index contributed by atoms with van der Waals surface area (Å²) in [5.41, 5.74) is 1.41. The molecule has 0 bridgehead atoms. The minimum absolute atomic E-state index is 0.184. The van der Waals surface area contributed by atoms with Crippen LogP contribution in [0.15, 0.2) is 57.2 Å². The van der Waals surface area contributed by atoms with Crippen molar-refractivity contribution in [3.63, 3.8) is 0 Å². The highest BCUT2D eigenvalue weighted by atomic mass is 32.2. The van der Waals surface area contributed by atoms with Gasteiger partial charge >= 0.3 is 0 Å². The number of hydrogen-bond donors (Lipinski definition) is 0. The summed E-state index contributed by atoms with van der Waals surface area (Å²) in [6, 6.07) is 12.1. The van der Waals surface area contributed by atoms with E-state index in [9.17, 15) is 13.2 Å². The van der Waals surface area contributed by atoms with Gasteiger partial charge < -0.3 is 4.57 Å². The van der Waals surface area contributed by atoms with Gasteiger partial charge in [0, 0.05) is 23.3 Å². The van der Waals surface area contributed by atoms with Crippen molar-refractivity contribution in [3.05, 3.63) is 52.8 Å². The van der Waals surface area contributed by atoms with Crippen molar-refractivity contribution in [2.45, 2.75) is 23.3 Å². The third-order valence-electron chi connectivity index (χ3n) is 3.93. The Hall–Kier alpha value is -1.90. The molecule has 136 valence electrons. The Bertz CT molecular complexity index is 1140. The van der Waals surface area contributed by atoms with Crippen LogP contribution in [-0.2, 0) is 16.4 Å². The van der Waals surface area contributed by atoms with E-state index in [1.54, 1.807) is 11.8 Å². The summed E-state index contributed by atoms with van der Waals surface area (Å²) in [6.07, 6.45) is 3.16. The fraction of sp³-hybridized carbons (Fsp3) is 0.222. The van der Waals surface area contributed by atoms with Crippen LogP contribution in [0.4, 0.5) is 0 Å². The topological polar surface area (TPSA) is 68.5 Å². The molecule has 0 saturated heterocycles. The second-order valence-corrected chi connectivity index (χ2v) is 9.58. The lowest BCUT2D eigenvalue weighted by atomic mass is 10.2. The number of amides is 1. The van der Waals surface area contributed by atoms with Crippen LogP contribution in [0.2, 0.25) is 0 Å². The van der Waals surface area contributed by atoms with Crippen LogP contribution in [-0.4, -0.2) is 31.4 Å². The number of hydrogen-bond acceptors (Lipinski definition) is 5. The first-order chi connectivity index (χ1) is 12.3. The number of sulfone groups is 1. The normalized spacial score (nSPS) is 12.7. The van der Waals surface area contributed by atoms with Crippen LogP contribution < -0.4 is 4.80 Å². The molecule has 0 N–H and O–H groups in total. The standard InChI is InChI=1S/C18H18N2O3S3/c1-4-20-15-10-7-13(24-2)11-16(15)25-18(20)19-17(21)12-5-8-14(9-6-12)26(3,22)23/h5-11H,4H2,1-3H3. The Morgan fingerprint density at radius 3 is 2.46 bits per heavy atom. The van der Waals surface area contributed by atoms with Gasteiger partial charge in [-0.05, 0) is 55.6 Å². The van der Waals surface area contributed by atoms with Crippen molar-refractivity contribution < 1.29 is 13.2 Å². The number of nitrogens with zero attached hydrogens (tertiary/aromatic N) is 2. The van der Waals surface area contributed by atoms with E-state index in [2.05, 4.69) is 17.1 Å². The smallest absolute Gasteiger partial charge is 0.279 e. The first kappa shape index (κ1) is 18.9. The molecule has 3 aromatic rings. The summed E-state index contributed by atoms with van der Waals surface area (Å²) >= 11 is 3.15. The minimum atomic E-state index is -3.28. The van der Waals surface area contributed by atoms with Crippen LogP contribution in [0, 0.1) is 0 Å². The van der Waals surface area contributed by atoms with Gasteiger partial charge in [-0.25, -0.2) is 8.42 Å². The number of carbonyl (C=O) groups is 1. The third-order valence-corrected chi connectivity index (χ3v) is 6.83. The number of aryl methyl sites for hydroxylation is 1. The van der Waals surface area contributed by atoms with E-state index in [1.807, 2.05) is 23.8 Å². The summed E-state index contributed by atoms with van der Waals surface area (Å²) in [4.78, 5) is 18.8. The van der Waals surface area contributed by atoms with Gasteiger partial charge in [0.25, 0.3) is 5.91 Å². The summed E-state index contributed by atoms with van der Waals surface area (Å²) in [5.74, 6) is -0.385. The molecule has 8 heteroatoms. The molecule has 0 radical (unpaired) electrons. The van der Waals surface area contributed by atoms with Gasteiger partial charge in [-0.3, -0.25) is 4.79 Å². The average molecular weight is 407 g/mol. The number of fused-ring (bicyclic) bond motifs is 1. The lowest BCUT2D eigenvalue weighted by Crippen LogP contribution is -2.15. The van der Waals surface area contributed by atoms with E-state index in [0.717, 1.165) is 21.4 Å². The minimum Gasteiger partial charge on any atom is -0.317 e. The Kier molecular flexibility index (Phi) is 5.36. The molecule has 5 nitrogen and oxygen atoms in total. The van der Waals surface area contributed by atoms with Crippen LogP contribution in [0.1, 0.15) is 17.3 Å². The highest BCUT2D eigenvalue weighted by molar-refractivity contribution is 7.98. The number of thioether (sulfide) groups is 1. The van der Waals surface area contributed by atoms with Crippen molar-refractivity contribution in [2.24, 2.45) is 4.99 Å². The lowest BCUT2D eigenvalue weighted by Gasteiger charge is -2.02. The predicted molar refractivity (Wildman–Crippen MR) is 107 cm³/mol. The Morgan fingerprint density at radius 2 is 1.88 bits per heavy atom. The van der Waals surface area contributed by atoms with Gasteiger partial charge in [-0.15, -0.1) is 11.8 Å². The molecule has 0 aliphatic heterocycles. The molecule has 26 heavy (non-hydrogen) atoms. The van der Waals surface area contributed by atoms with Gasteiger partial charge in [0.1, 0.15) is 0 Å². The second kappa shape index (κ2) is 7.38. The van der Waals surface area contributed by atoms with E-state index < -0.39 is 9.84 Å². The van der Waals surface area contributed by atoms with Crippen LogP contribution in [0.3, 0.4) is 0 Å². The maximum Gasteiger partial charge on any atom is 0.279 e. The number of aromatic nitrogens is 1. The van der Waals surface area contributed by atoms with Crippen LogP contribution in [0.25, 0.3) is 10.2 Å². The molecule has 0 aliphatic carbocycles. The molecule has 0 spiro atoms. The molecule has 1 amide bonds. The van der Waals surface area contributed by atoms with E-state index in [-0.39, 0.29) is 10.8 Å². The molecule has 3 rings (SSSR count). The largest absolute Gasteiger partial charge is 0.317 e. The first-order valence-electron chi connectivity index (χ1n) is 7.90. The number of benzene rings is 2. The van der Waals surface area contributed by atoms with Gasteiger partial charge in [0.15, 0.2) is 14.6 Å². The van der Waals surface area contributed by atoms with Crippen LogP contribution >= 0.6 is 23.1 Å². The zero-order valence-electron chi connectivity index (χ0n) is 14.6. The summed E-state index contributed by atoms with van der Waals surface area (Å²) < 4.78 is 26.1. The molecule has 0 saturated carbocycles. The molecule has 1 heterocycles. The highest BCUT2D eigenvalue weighted by Crippen LogP contribution is 2.24. The van der Waals surface area contributed by atoms with Gasteiger partial charge in [-0.1, -0.05) is 11.3 Å². The quantitative estimate of drug-likeness (QED) is 0.621. The molecular formula is C18H18N2O3S3. The molecule has 0 fully saturated rings. The molecule has 1 aromatic heterocycles. The monoisotopic (exact) mass is 406 g/mol. The zero-order chi connectivity index (χ0) is 18.9. The van der Waals surface area contributed by atoms with Crippen molar-refractivity contribution >= 4 is 49.1 Å². The van der Waals surface area contributed by atoms with Crippen molar-refractivity contribution in [2.75, 3.05) is 12.5 Å². The second-order valence-electron chi connectivity index (χ2n) is 5.68. The Morgan fingerprint density at radius 1 is 1.19 bits per heavy atom. The summed E-state index contributed by atoms with van der Waals surface area (Å²) in [6.45, 7) is 2.72. The number of rotatable bonds is 4. The zero-order valence-corrected chi connectivity index (χ0v) is 17.0. The third kappa shape index (κ3) is 3.77. The van der Waals surface area contributed by atoms with Crippen molar-refractivity contribution in [1.82, 2.24) is 4.57 Å². The van der Waals surface area contributed by atoms with Crippen LogP contribution in [0.5, 0.6) is 0 Å². The Labute approximate surface area is 160 Å². The van der Waals surface area contributed by atoms with Gasteiger partial charge in [-0.2, -0.15) is 4.99 Å². The molecule has 0 unspecified atom stereocenters. The first-order valence-corrected chi connectivity index (χ1v) is 11.8. The van der Waals surface area contributed by atoms with Gasteiger partial charge in [0.05, 0.1) is 15.1 Å². The lowest BCUT2D eigenvalue weighted by molar-refractivity contribution is 0.0997. The SMILES string of the molecule is CCn1c(=NC(=O)c2ccc(S(C)(=O)=O)cc2)sc2cc(SC)ccc21. The summed E-state index contributed by atoms with van der Waals surface area (Å²) in [7, 11) is -3.28. The number of carbonyl (C=O) groups excluding carboxylic acids is 1. The molecule has 2 aromatic carbocycles. The van der Waals surface area contributed by atoms with Crippen molar-refractivity contribution in [1.29, 1.82) is 0 Å². The van der Waals surface area contributed by atoms with E-state index in [0.29, 0.717) is 16.9 Å². The molecule has 0 atom stereocenters. The van der Waals surface area contributed by atoms with E-state index in [4.69, 9.17) is 0 Å². The van der Waals surface area contributed by atoms with Gasteiger partial charge in [0.2, 0.25) is 0 Å². The number of thiazole rings is 1. The van der Waals surface area contributed by atoms with E-state index >= 15 is 0 Å². The maximum absolute atomic E-state index is 12.5. The maximum atomic E-state index is 12.5. The van der Waals surface area contributed by atoms with Crippen molar-refractivity contribution in [3.8, 4) is 0 Å². The molecule has 0 aliphatic rings. The molecular weight excluding hydrogens is 388 g/mol. The highest BCUT2D eigenvalue weighted by Gasteiger charge is 2.11. The van der Waals surface area contributed by atoms with E-state index in [1.165, 1.54) is 35.6 Å². The fourth-order valence-electron chi connectivity index (χ4n) is 2.57. The Balaban J connectivity index is 2.05. The fourth-order valence-corrected chi connectivity index (χ4v) is 4.84. The predicted octanol–water partition coefficient (Wildman–Crippen LogP) is 3.59. The summed E-state index contributed by atoms with van der Waals surface area (Å²) in [5, 5.41) is 0. The average Bonchev–Trinajstić information content (AvgIpc) is 2.96.